The van der Waals surface area contributed by atoms with Gasteiger partial charge in [0.15, 0.2) is 0 Å². The van der Waals surface area contributed by atoms with Gasteiger partial charge in [0.25, 0.3) is 5.91 Å². The summed E-state index contributed by atoms with van der Waals surface area (Å²) in [5.41, 5.74) is 9.47. The minimum Gasteiger partial charge on any atom is -0.497 e. The predicted molar refractivity (Wildman–Crippen MR) is 109 cm³/mol. The molecule has 0 spiro atoms. The Kier molecular flexibility index (Phi) is 5.01. The van der Waals surface area contributed by atoms with Crippen molar-refractivity contribution in [3.8, 4) is 11.8 Å². The molecule has 3 N–H and O–H groups in total. The highest BCUT2D eigenvalue weighted by molar-refractivity contribution is 6.33. The summed E-state index contributed by atoms with van der Waals surface area (Å²) >= 11 is 0. The van der Waals surface area contributed by atoms with Crippen LogP contribution in [0.3, 0.4) is 0 Å². The molecular formula is C22H20N4O2. The number of carbonyl (C=O) groups is 1. The molecular weight excluding hydrogens is 352 g/mol. The van der Waals surface area contributed by atoms with Gasteiger partial charge in [0.1, 0.15) is 23.2 Å². The Morgan fingerprint density at radius 3 is 2.29 bits per heavy atom. The number of nitrogens with one attached hydrogen (secondary N) is 1. The van der Waals surface area contributed by atoms with Crippen LogP contribution in [0.2, 0.25) is 0 Å². The number of hydrogen-bond acceptors (Lipinski definition) is 5. The molecule has 6 nitrogen and oxygen atoms in total. The topological polar surface area (TPSA) is 103 Å². The van der Waals surface area contributed by atoms with Crippen LogP contribution in [-0.4, -0.2) is 18.9 Å². The molecule has 0 saturated carbocycles. The van der Waals surface area contributed by atoms with Crippen molar-refractivity contribution >= 4 is 23.5 Å². The molecule has 0 unspecified atom stereocenters. The van der Waals surface area contributed by atoms with Gasteiger partial charge >= 0.3 is 0 Å². The molecule has 0 bridgehead atoms. The van der Waals surface area contributed by atoms with E-state index >= 15 is 0 Å². The van der Waals surface area contributed by atoms with Gasteiger partial charge in [-0.15, -0.1) is 0 Å². The molecule has 1 aliphatic rings. The first-order valence-corrected chi connectivity index (χ1v) is 8.63. The van der Waals surface area contributed by atoms with Gasteiger partial charge in [-0.05, 0) is 60.9 Å². The van der Waals surface area contributed by atoms with E-state index in [1.807, 2.05) is 38.1 Å². The van der Waals surface area contributed by atoms with Gasteiger partial charge in [-0.1, -0.05) is 18.2 Å². The summed E-state index contributed by atoms with van der Waals surface area (Å²) in [6.45, 7) is 3.83. The lowest BCUT2D eigenvalue weighted by Crippen LogP contribution is -2.44. The fraction of sp³-hybridized carbons (Fsp3) is 0.136. The average molecular weight is 372 g/mol. The lowest BCUT2D eigenvalue weighted by molar-refractivity contribution is -0.114. The SMILES string of the molecule is COc1ccc(/C=C2/C(=N)N(c3cc(C)cc(C)c3)C(=O)C(C#N)=C2N)cc1. The van der Waals surface area contributed by atoms with Gasteiger partial charge in [-0.2, -0.15) is 5.26 Å². The number of methoxy groups -OCH3 is 1. The van der Waals surface area contributed by atoms with E-state index < -0.39 is 5.91 Å². The Bertz CT molecular complexity index is 1050. The van der Waals surface area contributed by atoms with Crippen LogP contribution in [-0.2, 0) is 4.79 Å². The van der Waals surface area contributed by atoms with Gasteiger partial charge in [-0.25, -0.2) is 0 Å². The highest BCUT2D eigenvalue weighted by Crippen LogP contribution is 2.30. The number of rotatable bonds is 3. The molecule has 6 heteroatoms. The number of anilines is 1. The normalized spacial score (nSPS) is 15.8. The predicted octanol–water partition coefficient (Wildman–Crippen LogP) is 3.46. The molecule has 1 amide bonds. The molecule has 3 rings (SSSR count). The Morgan fingerprint density at radius 2 is 1.75 bits per heavy atom. The maximum atomic E-state index is 12.9. The van der Waals surface area contributed by atoms with Crippen LogP contribution in [0.25, 0.3) is 6.08 Å². The summed E-state index contributed by atoms with van der Waals surface area (Å²) in [4.78, 5) is 14.1. The Hall–Kier alpha value is -3.85. The Balaban J connectivity index is 2.15. The highest BCUT2D eigenvalue weighted by atomic mass is 16.5. The third-order valence-electron chi connectivity index (χ3n) is 4.46. The summed E-state index contributed by atoms with van der Waals surface area (Å²) in [5.74, 6) is 0.0401. The van der Waals surface area contributed by atoms with E-state index in [1.54, 1.807) is 37.5 Å². The fourth-order valence-electron chi connectivity index (χ4n) is 3.16. The van der Waals surface area contributed by atoms with E-state index in [-0.39, 0.29) is 17.1 Å². The first-order valence-electron chi connectivity index (χ1n) is 8.63. The maximum absolute atomic E-state index is 12.9. The summed E-state index contributed by atoms with van der Waals surface area (Å²) in [5, 5.41) is 18.1. The van der Waals surface area contributed by atoms with Crippen molar-refractivity contribution in [1.29, 1.82) is 10.7 Å². The van der Waals surface area contributed by atoms with Gasteiger partial charge in [0.05, 0.1) is 18.5 Å². The molecule has 2 aromatic carbocycles. The number of amidine groups is 1. The van der Waals surface area contributed by atoms with Crippen molar-refractivity contribution in [2.45, 2.75) is 13.8 Å². The number of nitrogens with zero attached hydrogens (tertiary/aromatic N) is 2. The summed E-state index contributed by atoms with van der Waals surface area (Å²) in [6, 6.07) is 14.7. The second-order valence-electron chi connectivity index (χ2n) is 6.57. The number of benzene rings is 2. The maximum Gasteiger partial charge on any atom is 0.276 e. The average Bonchev–Trinajstić information content (AvgIpc) is 2.65. The molecule has 0 aromatic heterocycles. The van der Waals surface area contributed by atoms with Crippen LogP contribution in [0.1, 0.15) is 16.7 Å². The highest BCUT2D eigenvalue weighted by Gasteiger charge is 2.35. The van der Waals surface area contributed by atoms with E-state index in [0.717, 1.165) is 16.7 Å². The number of hydrogen-bond donors (Lipinski definition) is 2. The summed E-state index contributed by atoms with van der Waals surface area (Å²) < 4.78 is 5.15. The van der Waals surface area contributed by atoms with Crippen LogP contribution >= 0.6 is 0 Å². The molecule has 0 fully saturated rings. The van der Waals surface area contributed by atoms with E-state index in [2.05, 4.69) is 0 Å². The van der Waals surface area contributed by atoms with Gasteiger partial charge in [-0.3, -0.25) is 15.1 Å². The standard InChI is InChI=1S/C22H20N4O2/c1-13-8-14(2)10-16(9-13)26-21(25)18(20(24)19(12-23)22(26)27)11-15-4-6-17(28-3)7-5-15/h4-11,25H,24H2,1-3H3/b18-11+,25-21?. The zero-order valence-corrected chi connectivity index (χ0v) is 15.9. The monoisotopic (exact) mass is 372 g/mol. The fourth-order valence-corrected chi connectivity index (χ4v) is 3.16. The summed E-state index contributed by atoms with van der Waals surface area (Å²) in [7, 11) is 1.58. The summed E-state index contributed by atoms with van der Waals surface area (Å²) in [6.07, 6.45) is 1.69. The van der Waals surface area contributed by atoms with Crippen molar-refractivity contribution in [1.82, 2.24) is 0 Å². The third-order valence-corrected chi connectivity index (χ3v) is 4.46. The quantitative estimate of drug-likeness (QED) is 0.861. The van der Waals surface area contributed by atoms with Crippen molar-refractivity contribution in [3.05, 3.63) is 76.0 Å². The molecule has 0 aliphatic carbocycles. The van der Waals surface area contributed by atoms with E-state index in [1.165, 1.54) is 4.90 Å². The Labute approximate surface area is 163 Å². The van der Waals surface area contributed by atoms with Crippen molar-refractivity contribution in [3.63, 3.8) is 0 Å². The molecule has 0 radical (unpaired) electrons. The zero-order valence-electron chi connectivity index (χ0n) is 15.9. The van der Waals surface area contributed by atoms with Crippen LogP contribution in [0.5, 0.6) is 5.75 Å². The largest absolute Gasteiger partial charge is 0.497 e. The number of aryl methyl sites for hydroxylation is 2. The van der Waals surface area contributed by atoms with Crippen LogP contribution < -0.4 is 15.4 Å². The van der Waals surface area contributed by atoms with Gasteiger partial charge < -0.3 is 10.5 Å². The lowest BCUT2D eigenvalue weighted by atomic mass is 9.96. The molecule has 28 heavy (non-hydrogen) atoms. The van der Waals surface area contributed by atoms with Crippen molar-refractivity contribution in [2.24, 2.45) is 5.73 Å². The number of nitrogens with two attached hydrogens (primary N) is 1. The Morgan fingerprint density at radius 1 is 1.14 bits per heavy atom. The lowest BCUT2D eigenvalue weighted by Gasteiger charge is -2.30. The third kappa shape index (κ3) is 3.38. The molecule has 0 atom stereocenters. The minimum atomic E-state index is -0.595. The van der Waals surface area contributed by atoms with Crippen LogP contribution in [0.4, 0.5) is 5.69 Å². The van der Waals surface area contributed by atoms with Crippen LogP contribution in [0.15, 0.2) is 59.3 Å². The minimum absolute atomic E-state index is 0.00828. The van der Waals surface area contributed by atoms with E-state index in [4.69, 9.17) is 15.9 Å². The molecule has 1 aliphatic heterocycles. The first kappa shape index (κ1) is 18.9. The second kappa shape index (κ2) is 7.41. The first-order chi connectivity index (χ1) is 13.3. The van der Waals surface area contributed by atoms with E-state index in [9.17, 15) is 10.1 Å². The molecule has 1 heterocycles. The number of ether oxygens (including phenoxy) is 1. The van der Waals surface area contributed by atoms with E-state index in [0.29, 0.717) is 17.0 Å². The van der Waals surface area contributed by atoms with Crippen LogP contribution in [0, 0.1) is 30.6 Å². The second-order valence-corrected chi connectivity index (χ2v) is 6.57. The number of amides is 1. The molecule has 140 valence electrons. The number of nitriles is 1. The zero-order chi connectivity index (χ0) is 20.4. The van der Waals surface area contributed by atoms with Gasteiger partial charge in [0.2, 0.25) is 0 Å². The van der Waals surface area contributed by atoms with Gasteiger partial charge in [0, 0.05) is 5.57 Å². The molecule has 0 saturated heterocycles. The van der Waals surface area contributed by atoms with Crippen molar-refractivity contribution < 1.29 is 9.53 Å². The number of carbonyl (C=O) groups excluding carboxylic acids is 1. The molecule has 2 aromatic rings. The van der Waals surface area contributed by atoms with Crippen molar-refractivity contribution in [2.75, 3.05) is 12.0 Å². The smallest absolute Gasteiger partial charge is 0.276 e.